The molecule has 0 saturated carbocycles. The lowest BCUT2D eigenvalue weighted by Gasteiger charge is -2.15. The zero-order valence-electron chi connectivity index (χ0n) is 11.9. The first-order valence-electron chi connectivity index (χ1n) is 6.83. The smallest absolute Gasteiger partial charge is 0.120 e. The van der Waals surface area contributed by atoms with Crippen LogP contribution < -0.4 is 10.1 Å². The minimum Gasteiger partial charge on any atom is -0.492 e. The predicted molar refractivity (Wildman–Crippen MR) is 87.2 cm³/mol. The SMILES string of the molecule is Cc1cccc([C@H](C)NCCOc2cccc(Br)c2)c1. The highest BCUT2D eigenvalue weighted by Crippen LogP contribution is 2.17. The summed E-state index contributed by atoms with van der Waals surface area (Å²) in [5.41, 5.74) is 2.61. The van der Waals surface area contributed by atoms with Gasteiger partial charge < -0.3 is 10.1 Å². The van der Waals surface area contributed by atoms with E-state index in [2.05, 4.69) is 59.4 Å². The molecule has 0 fully saturated rings. The first kappa shape index (κ1) is 15.1. The van der Waals surface area contributed by atoms with Crippen LogP contribution in [0.3, 0.4) is 0 Å². The lowest BCUT2D eigenvalue weighted by molar-refractivity contribution is 0.307. The van der Waals surface area contributed by atoms with Crippen molar-refractivity contribution < 1.29 is 4.74 Å². The number of halogens is 1. The Morgan fingerprint density at radius 2 is 1.95 bits per heavy atom. The Labute approximate surface area is 129 Å². The van der Waals surface area contributed by atoms with Gasteiger partial charge in [-0.3, -0.25) is 0 Å². The molecule has 0 radical (unpaired) electrons. The minimum atomic E-state index is 0.334. The lowest BCUT2D eigenvalue weighted by atomic mass is 10.1. The first-order chi connectivity index (χ1) is 9.65. The molecule has 0 aliphatic rings. The molecule has 0 aliphatic carbocycles. The summed E-state index contributed by atoms with van der Waals surface area (Å²) < 4.78 is 6.74. The van der Waals surface area contributed by atoms with Crippen molar-refractivity contribution in [3.8, 4) is 5.75 Å². The highest BCUT2D eigenvalue weighted by atomic mass is 79.9. The minimum absolute atomic E-state index is 0.334. The molecule has 0 heterocycles. The number of hydrogen-bond donors (Lipinski definition) is 1. The molecule has 0 bridgehead atoms. The molecule has 2 rings (SSSR count). The summed E-state index contributed by atoms with van der Waals surface area (Å²) in [4.78, 5) is 0. The van der Waals surface area contributed by atoms with Crippen molar-refractivity contribution in [2.75, 3.05) is 13.2 Å². The van der Waals surface area contributed by atoms with Gasteiger partial charge in [0.2, 0.25) is 0 Å². The largest absolute Gasteiger partial charge is 0.492 e. The maximum Gasteiger partial charge on any atom is 0.120 e. The Morgan fingerprint density at radius 1 is 1.15 bits per heavy atom. The van der Waals surface area contributed by atoms with Crippen LogP contribution in [0.2, 0.25) is 0 Å². The zero-order chi connectivity index (χ0) is 14.4. The fourth-order valence-electron chi connectivity index (χ4n) is 2.06. The number of aryl methyl sites for hydroxylation is 1. The van der Waals surface area contributed by atoms with E-state index in [0.717, 1.165) is 16.8 Å². The topological polar surface area (TPSA) is 21.3 Å². The summed E-state index contributed by atoms with van der Waals surface area (Å²) in [6.45, 7) is 5.77. The molecule has 3 heteroatoms. The average Bonchev–Trinajstić information content (AvgIpc) is 2.43. The molecule has 20 heavy (non-hydrogen) atoms. The highest BCUT2D eigenvalue weighted by Gasteiger charge is 2.04. The Hall–Kier alpha value is -1.32. The standard InChI is InChI=1S/C17H20BrNO/c1-13-5-3-6-15(11-13)14(2)19-9-10-20-17-8-4-7-16(18)12-17/h3-8,11-12,14,19H,9-10H2,1-2H3/t14-/m0/s1. The van der Waals surface area contributed by atoms with Crippen LogP contribution in [0.1, 0.15) is 24.1 Å². The van der Waals surface area contributed by atoms with Gasteiger partial charge in [-0.25, -0.2) is 0 Å². The molecular weight excluding hydrogens is 314 g/mol. The molecule has 2 nitrogen and oxygen atoms in total. The van der Waals surface area contributed by atoms with E-state index in [0.29, 0.717) is 12.6 Å². The van der Waals surface area contributed by atoms with Crippen molar-refractivity contribution in [1.29, 1.82) is 0 Å². The Bertz CT molecular complexity index is 556. The average molecular weight is 334 g/mol. The van der Waals surface area contributed by atoms with Crippen molar-refractivity contribution in [1.82, 2.24) is 5.32 Å². The molecule has 1 atom stereocenters. The van der Waals surface area contributed by atoms with Gasteiger partial charge in [0, 0.05) is 17.1 Å². The number of nitrogens with one attached hydrogen (secondary N) is 1. The molecule has 0 saturated heterocycles. The number of hydrogen-bond acceptors (Lipinski definition) is 2. The molecule has 0 spiro atoms. The molecule has 2 aromatic carbocycles. The van der Waals surface area contributed by atoms with Gasteiger partial charge >= 0.3 is 0 Å². The molecule has 0 aliphatic heterocycles. The second kappa shape index (κ2) is 7.46. The number of benzene rings is 2. The Kier molecular flexibility index (Phi) is 5.62. The van der Waals surface area contributed by atoms with Gasteiger partial charge in [0.1, 0.15) is 12.4 Å². The van der Waals surface area contributed by atoms with E-state index in [1.54, 1.807) is 0 Å². The Balaban J connectivity index is 1.76. The summed E-state index contributed by atoms with van der Waals surface area (Å²) in [7, 11) is 0. The van der Waals surface area contributed by atoms with Gasteiger partial charge in [-0.15, -0.1) is 0 Å². The molecule has 2 aromatic rings. The quantitative estimate of drug-likeness (QED) is 0.786. The summed E-state index contributed by atoms with van der Waals surface area (Å²) in [5.74, 6) is 0.893. The van der Waals surface area contributed by atoms with Crippen molar-refractivity contribution in [2.45, 2.75) is 19.9 Å². The van der Waals surface area contributed by atoms with Crippen LogP contribution in [0.5, 0.6) is 5.75 Å². The van der Waals surface area contributed by atoms with E-state index in [4.69, 9.17) is 4.74 Å². The van der Waals surface area contributed by atoms with E-state index < -0.39 is 0 Å². The fourth-order valence-corrected chi connectivity index (χ4v) is 2.44. The zero-order valence-corrected chi connectivity index (χ0v) is 13.5. The molecule has 106 valence electrons. The van der Waals surface area contributed by atoms with Crippen LogP contribution in [0.15, 0.2) is 53.0 Å². The van der Waals surface area contributed by atoms with Crippen LogP contribution in [0, 0.1) is 6.92 Å². The van der Waals surface area contributed by atoms with E-state index in [-0.39, 0.29) is 0 Å². The molecule has 1 N–H and O–H groups in total. The third kappa shape index (κ3) is 4.66. The lowest BCUT2D eigenvalue weighted by Crippen LogP contribution is -2.24. The van der Waals surface area contributed by atoms with Crippen LogP contribution in [0.25, 0.3) is 0 Å². The van der Waals surface area contributed by atoms with Gasteiger partial charge in [0.25, 0.3) is 0 Å². The summed E-state index contributed by atoms with van der Waals surface area (Å²) in [5, 5.41) is 3.47. The van der Waals surface area contributed by atoms with Crippen molar-refractivity contribution >= 4 is 15.9 Å². The van der Waals surface area contributed by atoms with E-state index in [1.165, 1.54) is 11.1 Å². The van der Waals surface area contributed by atoms with Gasteiger partial charge in [0.05, 0.1) is 0 Å². The van der Waals surface area contributed by atoms with Crippen LogP contribution >= 0.6 is 15.9 Å². The van der Waals surface area contributed by atoms with Crippen molar-refractivity contribution in [2.24, 2.45) is 0 Å². The highest BCUT2D eigenvalue weighted by molar-refractivity contribution is 9.10. The Morgan fingerprint density at radius 3 is 2.70 bits per heavy atom. The summed E-state index contributed by atoms with van der Waals surface area (Å²) >= 11 is 3.44. The van der Waals surface area contributed by atoms with Crippen LogP contribution in [-0.2, 0) is 0 Å². The maximum atomic E-state index is 5.70. The second-order valence-corrected chi connectivity index (χ2v) is 5.81. The van der Waals surface area contributed by atoms with Gasteiger partial charge in [0.15, 0.2) is 0 Å². The van der Waals surface area contributed by atoms with Gasteiger partial charge in [-0.05, 0) is 37.6 Å². The fraction of sp³-hybridized carbons (Fsp3) is 0.294. The van der Waals surface area contributed by atoms with Crippen LogP contribution in [0.4, 0.5) is 0 Å². The van der Waals surface area contributed by atoms with Gasteiger partial charge in [-0.2, -0.15) is 0 Å². The summed E-state index contributed by atoms with van der Waals surface area (Å²) in [6, 6.07) is 16.8. The maximum absolute atomic E-state index is 5.70. The third-order valence-corrected chi connectivity index (χ3v) is 3.65. The third-order valence-electron chi connectivity index (χ3n) is 3.16. The van der Waals surface area contributed by atoms with E-state index in [1.807, 2.05) is 24.3 Å². The first-order valence-corrected chi connectivity index (χ1v) is 7.63. The van der Waals surface area contributed by atoms with Crippen molar-refractivity contribution in [3.05, 3.63) is 64.1 Å². The summed E-state index contributed by atoms with van der Waals surface area (Å²) in [6.07, 6.45) is 0. The number of ether oxygens (including phenoxy) is 1. The van der Waals surface area contributed by atoms with E-state index >= 15 is 0 Å². The van der Waals surface area contributed by atoms with Crippen LogP contribution in [-0.4, -0.2) is 13.2 Å². The van der Waals surface area contributed by atoms with E-state index in [9.17, 15) is 0 Å². The monoisotopic (exact) mass is 333 g/mol. The molecule has 0 amide bonds. The molecular formula is C17H20BrNO. The van der Waals surface area contributed by atoms with Crippen molar-refractivity contribution in [3.63, 3.8) is 0 Å². The predicted octanol–water partition coefficient (Wildman–Crippen LogP) is 4.49. The normalized spacial score (nSPS) is 12.2. The van der Waals surface area contributed by atoms with Gasteiger partial charge in [-0.1, -0.05) is 51.8 Å². The molecule has 0 aromatic heterocycles. The second-order valence-electron chi connectivity index (χ2n) is 4.90. The number of rotatable bonds is 6. The molecule has 0 unspecified atom stereocenters.